The minimum atomic E-state index is -0.710. The quantitative estimate of drug-likeness (QED) is 0.665. The highest BCUT2D eigenvalue weighted by molar-refractivity contribution is 7.87. The highest BCUT2D eigenvalue weighted by atomic mass is 32.1. The van der Waals surface area contributed by atoms with Crippen molar-refractivity contribution in [3.8, 4) is 0 Å². The van der Waals surface area contributed by atoms with Crippen LogP contribution in [0, 0.1) is 0 Å². The molecule has 18 heavy (non-hydrogen) atoms. The molecule has 2 aromatic rings. The molecule has 2 rings (SSSR count). The zero-order valence-electron chi connectivity index (χ0n) is 9.78. The van der Waals surface area contributed by atoms with Crippen molar-refractivity contribution in [3.05, 3.63) is 66.0 Å². The summed E-state index contributed by atoms with van der Waals surface area (Å²) in [6.07, 6.45) is 2.35. The van der Waals surface area contributed by atoms with Crippen molar-refractivity contribution in [1.29, 1.82) is 0 Å². The van der Waals surface area contributed by atoms with E-state index in [1.54, 1.807) is 6.20 Å². The fraction of sp³-hybridized carbons (Fsp3) is 0.143. The Balaban J connectivity index is 2.37. The van der Waals surface area contributed by atoms with E-state index >= 15 is 0 Å². The maximum Gasteiger partial charge on any atom is 0.109 e. The van der Waals surface area contributed by atoms with Crippen LogP contribution in [0.15, 0.2) is 54.7 Å². The molecule has 0 aliphatic heterocycles. The smallest absolute Gasteiger partial charge is 0.109 e. The van der Waals surface area contributed by atoms with E-state index in [0.29, 0.717) is 11.4 Å². The standard InChI is InChI=1S/C14H14N2S2/c15-13(17)14(18,12-8-4-5-9-16-12)10-11-6-2-1-3-7-11/h1-9,18H,10H2,(H2,15,17). The molecule has 0 saturated carbocycles. The van der Waals surface area contributed by atoms with Gasteiger partial charge in [0.25, 0.3) is 0 Å². The zero-order chi connectivity index (χ0) is 13.0. The van der Waals surface area contributed by atoms with E-state index in [1.165, 1.54) is 0 Å². The van der Waals surface area contributed by atoms with E-state index in [1.807, 2.05) is 48.5 Å². The Morgan fingerprint density at radius 1 is 1.17 bits per heavy atom. The van der Waals surface area contributed by atoms with Gasteiger partial charge in [-0.2, -0.15) is 12.6 Å². The van der Waals surface area contributed by atoms with Crippen molar-refractivity contribution in [2.24, 2.45) is 5.73 Å². The number of pyridine rings is 1. The molecule has 0 aliphatic rings. The van der Waals surface area contributed by atoms with Crippen molar-refractivity contribution in [2.45, 2.75) is 11.2 Å². The summed E-state index contributed by atoms with van der Waals surface area (Å²) in [5.74, 6) is 0. The summed E-state index contributed by atoms with van der Waals surface area (Å²) < 4.78 is -0.710. The first-order chi connectivity index (χ1) is 8.63. The van der Waals surface area contributed by atoms with Crippen molar-refractivity contribution in [3.63, 3.8) is 0 Å². The van der Waals surface area contributed by atoms with Crippen LogP contribution in [0.1, 0.15) is 11.3 Å². The Morgan fingerprint density at radius 2 is 1.83 bits per heavy atom. The molecule has 1 unspecified atom stereocenters. The molecule has 0 bridgehead atoms. The minimum Gasteiger partial charge on any atom is -0.392 e. The summed E-state index contributed by atoms with van der Waals surface area (Å²) in [6.45, 7) is 0. The Bertz CT molecular complexity index is 528. The number of nitrogens with zero attached hydrogens (tertiary/aromatic N) is 1. The minimum absolute atomic E-state index is 0.341. The first-order valence-electron chi connectivity index (χ1n) is 5.60. The van der Waals surface area contributed by atoms with E-state index in [4.69, 9.17) is 18.0 Å². The topological polar surface area (TPSA) is 38.9 Å². The number of thiol groups is 1. The van der Waals surface area contributed by atoms with Gasteiger partial charge in [0.05, 0.1) is 10.7 Å². The van der Waals surface area contributed by atoms with E-state index in [0.717, 1.165) is 11.3 Å². The second-order valence-corrected chi connectivity index (χ2v) is 5.31. The molecular formula is C14H14N2S2. The molecule has 4 heteroatoms. The average molecular weight is 274 g/mol. The first kappa shape index (κ1) is 13.1. The Kier molecular flexibility index (Phi) is 3.99. The van der Waals surface area contributed by atoms with Crippen LogP contribution in [0.5, 0.6) is 0 Å². The van der Waals surface area contributed by atoms with Gasteiger partial charge in [0.2, 0.25) is 0 Å². The summed E-state index contributed by atoms with van der Waals surface area (Å²) in [5.41, 5.74) is 7.78. The molecule has 1 atom stereocenters. The number of hydrogen-bond donors (Lipinski definition) is 2. The van der Waals surface area contributed by atoms with Gasteiger partial charge in [-0.1, -0.05) is 48.6 Å². The molecule has 2 N–H and O–H groups in total. The highest BCUT2D eigenvalue weighted by Crippen LogP contribution is 2.31. The lowest BCUT2D eigenvalue weighted by molar-refractivity contribution is 0.784. The van der Waals surface area contributed by atoms with Gasteiger partial charge in [-0.15, -0.1) is 0 Å². The van der Waals surface area contributed by atoms with Gasteiger partial charge in [-0.05, 0) is 24.1 Å². The second-order valence-electron chi connectivity index (χ2n) is 4.10. The molecule has 0 saturated heterocycles. The van der Waals surface area contributed by atoms with Gasteiger partial charge in [0.15, 0.2) is 0 Å². The predicted molar refractivity (Wildman–Crippen MR) is 81.8 cm³/mol. The number of hydrogen-bond acceptors (Lipinski definition) is 3. The summed E-state index contributed by atoms with van der Waals surface area (Å²) in [6, 6.07) is 15.7. The van der Waals surface area contributed by atoms with Crippen molar-refractivity contribution < 1.29 is 0 Å². The number of nitrogens with two attached hydrogens (primary N) is 1. The molecular weight excluding hydrogens is 260 g/mol. The van der Waals surface area contributed by atoms with Crippen LogP contribution in [0.3, 0.4) is 0 Å². The van der Waals surface area contributed by atoms with Crippen LogP contribution >= 0.6 is 24.8 Å². The Labute approximate surface area is 118 Å². The Morgan fingerprint density at radius 3 is 2.39 bits per heavy atom. The summed E-state index contributed by atoms with van der Waals surface area (Å²) in [7, 11) is 0. The maximum atomic E-state index is 5.87. The van der Waals surface area contributed by atoms with Crippen LogP contribution < -0.4 is 5.73 Å². The third kappa shape index (κ3) is 2.71. The molecule has 1 aromatic carbocycles. The third-order valence-electron chi connectivity index (χ3n) is 2.80. The first-order valence-corrected chi connectivity index (χ1v) is 6.46. The van der Waals surface area contributed by atoms with Gasteiger partial charge < -0.3 is 5.73 Å². The monoisotopic (exact) mass is 274 g/mol. The van der Waals surface area contributed by atoms with Crippen LogP contribution in [-0.4, -0.2) is 9.97 Å². The predicted octanol–water partition coefficient (Wildman–Crippen LogP) is 2.74. The molecule has 0 aliphatic carbocycles. The van der Waals surface area contributed by atoms with Crippen molar-refractivity contribution in [2.75, 3.05) is 0 Å². The summed E-state index contributed by atoms with van der Waals surface area (Å²) in [5, 5.41) is 0. The van der Waals surface area contributed by atoms with E-state index < -0.39 is 4.75 Å². The SMILES string of the molecule is NC(=S)C(S)(Cc1ccccc1)c1ccccn1. The lowest BCUT2D eigenvalue weighted by atomic mass is 9.94. The van der Waals surface area contributed by atoms with Gasteiger partial charge in [-0.25, -0.2) is 0 Å². The molecule has 1 aromatic heterocycles. The summed E-state index contributed by atoms with van der Waals surface area (Å²) >= 11 is 9.86. The molecule has 0 fully saturated rings. The second kappa shape index (κ2) is 5.50. The van der Waals surface area contributed by atoms with Gasteiger partial charge >= 0.3 is 0 Å². The number of thiocarbonyl (C=S) groups is 1. The maximum absolute atomic E-state index is 5.87. The number of aromatic nitrogens is 1. The third-order valence-corrected chi connectivity index (χ3v) is 3.93. The highest BCUT2D eigenvalue weighted by Gasteiger charge is 2.32. The lowest BCUT2D eigenvalue weighted by Crippen LogP contribution is -2.37. The lowest BCUT2D eigenvalue weighted by Gasteiger charge is -2.26. The average Bonchev–Trinajstić information content (AvgIpc) is 2.40. The molecule has 92 valence electrons. The fourth-order valence-electron chi connectivity index (χ4n) is 1.80. The van der Waals surface area contributed by atoms with Crippen LogP contribution in [0.25, 0.3) is 0 Å². The van der Waals surface area contributed by atoms with Gasteiger partial charge in [0, 0.05) is 6.20 Å². The van der Waals surface area contributed by atoms with Crippen molar-refractivity contribution >= 4 is 29.8 Å². The molecule has 0 spiro atoms. The van der Waals surface area contributed by atoms with E-state index in [9.17, 15) is 0 Å². The Hall–Kier alpha value is -1.39. The van der Waals surface area contributed by atoms with Crippen LogP contribution in [-0.2, 0) is 11.2 Å². The summed E-state index contributed by atoms with van der Waals surface area (Å²) in [4.78, 5) is 4.67. The van der Waals surface area contributed by atoms with Crippen LogP contribution in [0.2, 0.25) is 0 Å². The van der Waals surface area contributed by atoms with Crippen LogP contribution in [0.4, 0.5) is 0 Å². The molecule has 0 radical (unpaired) electrons. The zero-order valence-corrected chi connectivity index (χ0v) is 11.5. The molecule has 2 nitrogen and oxygen atoms in total. The largest absolute Gasteiger partial charge is 0.392 e. The molecule has 1 heterocycles. The van der Waals surface area contributed by atoms with E-state index in [-0.39, 0.29) is 0 Å². The van der Waals surface area contributed by atoms with Gasteiger partial charge in [-0.3, -0.25) is 4.98 Å². The fourth-order valence-corrected chi connectivity index (χ4v) is 2.29. The normalized spacial score (nSPS) is 13.8. The number of benzene rings is 1. The van der Waals surface area contributed by atoms with Crippen molar-refractivity contribution in [1.82, 2.24) is 4.98 Å². The number of rotatable bonds is 4. The van der Waals surface area contributed by atoms with E-state index in [2.05, 4.69) is 17.6 Å². The molecule has 0 amide bonds. The van der Waals surface area contributed by atoms with Gasteiger partial charge in [0.1, 0.15) is 4.75 Å².